The van der Waals surface area contributed by atoms with Crippen LogP contribution >= 0.6 is 0 Å². The van der Waals surface area contributed by atoms with Crippen LogP contribution in [0.5, 0.6) is 5.75 Å². The fourth-order valence-corrected chi connectivity index (χ4v) is 2.20. The molecule has 1 unspecified atom stereocenters. The molecule has 1 aliphatic heterocycles. The number of fused-ring (bicyclic) bond motifs is 1. The maximum absolute atomic E-state index is 12.0. The van der Waals surface area contributed by atoms with Gasteiger partial charge in [0.15, 0.2) is 5.78 Å². The summed E-state index contributed by atoms with van der Waals surface area (Å²) in [7, 11) is 0. The fraction of sp³-hybridized carbons (Fsp3) is 0.0556. The number of hydrogen-bond donors (Lipinski definition) is 0. The molecule has 1 aliphatic rings. The van der Waals surface area contributed by atoms with Crippen molar-refractivity contribution in [3.63, 3.8) is 0 Å². The summed E-state index contributed by atoms with van der Waals surface area (Å²) in [5.74, 6) is 0.741. The molecule has 21 heavy (non-hydrogen) atoms. The van der Waals surface area contributed by atoms with Crippen molar-refractivity contribution < 1.29 is 26.6 Å². The van der Waals surface area contributed by atoms with Crippen LogP contribution < -0.4 is 4.74 Å². The number of Topliss-reactive ketones (excluding diaryl/α,β-unsaturated/α-hetero) is 1. The molecule has 4 rings (SSSR count). The van der Waals surface area contributed by atoms with E-state index >= 15 is 0 Å². The zero-order chi connectivity index (χ0) is 13.8. The summed E-state index contributed by atoms with van der Waals surface area (Å²) >= 11 is 0. The van der Waals surface area contributed by atoms with Crippen molar-refractivity contribution in [2.45, 2.75) is 6.10 Å². The zero-order valence-corrected chi connectivity index (χ0v) is 12.4. The second kappa shape index (κ2) is 7.07. The van der Waals surface area contributed by atoms with Gasteiger partial charge in [0, 0.05) is 17.1 Å². The van der Waals surface area contributed by atoms with Gasteiger partial charge in [0.25, 0.3) is 0 Å². The first-order chi connectivity index (χ1) is 9.86. The van der Waals surface area contributed by atoms with Crippen molar-refractivity contribution in [2.75, 3.05) is 0 Å². The Balaban J connectivity index is 0.000000231. The Morgan fingerprint density at radius 3 is 2.05 bits per heavy atom. The van der Waals surface area contributed by atoms with Crippen LogP contribution in [0.15, 0.2) is 78.9 Å². The molecule has 3 aromatic carbocycles. The van der Waals surface area contributed by atoms with Crippen LogP contribution in [0.1, 0.15) is 22.0 Å². The standard InChI is InChI=1S/C13H9O2.C5H5.Fe/c14-12-10-7-3-4-8-11(10)15-13(12)9-5-1-2-6-9;1-2-4-5-3-1;/h1-8,13H;1-5H;/q-1;-5;. The van der Waals surface area contributed by atoms with Crippen LogP contribution in [0.3, 0.4) is 0 Å². The summed E-state index contributed by atoms with van der Waals surface area (Å²) in [6.07, 6.45) is -0.447. The van der Waals surface area contributed by atoms with Gasteiger partial charge in [0.1, 0.15) is 11.9 Å². The Hall–Kier alpha value is -2.09. The van der Waals surface area contributed by atoms with E-state index in [0.717, 1.165) is 5.56 Å². The Morgan fingerprint density at radius 1 is 0.905 bits per heavy atom. The third-order valence-corrected chi connectivity index (χ3v) is 3.18. The topological polar surface area (TPSA) is 26.3 Å². The number of ether oxygens (including phenoxy) is 1. The van der Waals surface area contributed by atoms with E-state index in [4.69, 9.17) is 4.74 Å². The molecule has 3 heteroatoms. The number of rotatable bonds is 1. The van der Waals surface area contributed by atoms with E-state index in [1.165, 1.54) is 0 Å². The average molecular weight is 318 g/mol. The minimum Gasteiger partial charge on any atom is -0.748 e. The molecule has 0 amide bonds. The fourth-order valence-electron chi connectivity index (χ4n) is 2.20. The van der Waals surface area contributed by atoms with E-state index in [0.29, 0.717) is 11.3 Å². The van der Waals surface area contributed by atoms with Gasteiger partial charge in [0.2, 0.25) is 0 Å². The Kier molecular flexibility index (Phi) is 5.15. The minimum atomic E-state index is -0.447. The van der Waals surface area contributed by atoms with Crippen molar-refractivity contribution in [1.82, 2.24) is 0 Å². The van der Waals surface area contributed by atoms with Crippen molar-refractivity contribution >= 4 is 5.78 Å². The third-order valence-electron chi connectivity index (χ3n) is 3.18. The Bertz CT molecular complexity index is 652. The first-order valence-corrected chi connectivity index (χ1v) is 6.54. The molecule has 0 N–H and O–H groups in total. The van der Waals surface area contributed by atoms with Crippen LogP contribution in [-0.2, 0) is 17.1 Å². The summed E-state index contributed by atoms with van der Waals surface area (Å²) in [5, 5.41) is 0. The van der Waals surface area contributed by atoms with Gasteiger partial charge in [-0.1, -0.05) is 12.1 Å². The normalized spacial score (nSPS) is 15.2. The number of ketones is 1. The predicted octanol–water partition coefficient (Wildman–Crippen LogP) is 4.12. The van der Waals surface area contributed by atoms with Crippen molar-refractivity contribution in [1.29, 1.82) is 0 Å². The molecule has 0 bridgehead atoms. The van der Waals surface area contributed by atoms with E-state index < -0.39 is 6.10 Å². The smallest absolute Gasteiger partial charge is 0.199 e. The van der Waals surface area contributed by atoms with E-state index in [1.54, 1.807) is 6.07 Å². The molecule has 0 radical (unpaired) electrons. The van der Waals surface area contributed by atoms with Crippen LogP contribution in [0.2, 0.25) is 0 Å². The van der Waals surface area contributed by atoms with Gasteiger partial charge in [-0.3, -0.25) is 4.79 Å². The van der Waals surface area contributed by atoms with Crippen LogP contribution in [0, 0.1) is 0 Å². The van der Waals surface area contributed by atoms with Gasteiger partial charge >= 0.3 is 0 Å². The molecule has 3 aromatic rings. The monoisotopic (exact) mass is 318 g/mol. The second-order valence-electron chi connectivity index (χ2n) is 4.54. The van der Waals surface area contributed by atoms with Gasteiger partial charge in [-0.05, 0) is 12.1 Å². The number of para-hydroxylation sites is 1. The van der Waals surface area contributed by atoms with E-state index in [1.807, 2.05) is 72.8 Å². The molecule has 0 saturated heterocycles. The molecule has 0 saturated carbocycles. The summed E-state index contributed by atoms with van der Waals surface area (Å²) in [4.78, 5) is 12.0. The Labute approximate surface area is 134 Å². The summed E-state index contributed by atoms with van der Waals surface area (Å²) in [6, 6.07) is 25.0. The maximum atomic E-state index is 12.0. The molecule has 1 atom stereocenters. The van der Waals surface area contributed by atoms with E-state index in [9.17, 15) is 4.79 Å². The zero-order valence-electron chi connectivity index (χ0n) is 11.3. The van der Waals surface area contributed by atoms with Gasteiger partial charge in [-0.2, -0.15) is 12.1 Å². The van der Waals surface area contributed by atoms with Crippen molar-refractivity contribution in [3.05, 3.63) is 90.0 Å². The van der Waals surface area contributed by atoms with Crippen LogP contribution in [0.25, 0.3) is 0 Å². The maximum Gasteiger partial charge on any atom is 0.199 e. The molecule has 0 fully saturated rings. The quantitative estimate of drug-likeness (QED) is 0.498. The molecule has 2 nitrogen and oxygen atoms in total. The van der Waals surface area contributed by atoms with Gasteiger partial charge < -0.3 is 35.1 Å². The number of hydrogen-bond acceptors (Lipinski definition) is 2. The minimum absolute atomic E-state index is 0. The molecule has 112 valence electrons. The molecule has 0 spiro atoms. The summed E-state index contributed by atoms with van der Waals surface area (Å²) in [5.41, 5.74) is 1.61. The predicted molar refractivity (Wildman–Crippen MR) is 78.2 cm³/mol. The van der Waals surface area contributed by atoms with Crippen molar-refractivity contribution in [3.8, 4) is 5.75 Å². The van der Waals surface area contributed by atoms with E-state index in [2.05, 4.69) is 0 Å². The molecule has 0 aliphatic carbocycles. The molecule has 1 heterocycles. The summed E-state index contributed by atoms with van der Waals surface area (Å²) in [6.45, 7) is 0. The van der Waals surface area contributed by atoms with Gasteiger partial charge in [-0.15, -0.1) is 5.56 Å². The van der Waals surface area contributed by atoms with Crippen LogP contribution in [-0.4, -0.2) is 5.78 Å². The molecular formula is C18H14FeO2-6. The average Bonchev–Trinajstić information content (AvgIpc) is 3.23. The second-order valence-corrected chi connectivity index (χ2v) is 4.54. The van der Waals surface area contributed by atoms with Gasteiger partial charge in [-0.25, -0.2) is 12.1 Å². The largest absolute Gasteiger partial charge is 0.748 e. The van der Waals surface area contributed by atoms with E-state index in [-0.39, 0.29) is 22.9 Å². The third kappa shape index (κ3) is 3.33. The van der Waals surface area contributed by atoms with Gasteiger partial charge in [0.05, 0.1) is 5.56 Å². The first-order valence-electron chi connectivity index (χ1n) is 6.54. The molecule has 0 aromatic heterocycles. The van der Waals surface area contributed by atoms with Crippen molar-refractivity contribution in [2.24, 2.45) is 0 Å². The Morgan fingerprint density at radius 2 is 1.48 bits per heavy atom. The number of benzene rings is 1. The SMILES string of the molecule is O=C1c2ccccc2OC1[c-]1cccc1.[Fe].[cH-]1[cH-][cH-][cH-][cH-]1. The number of carbonyl (C=O) groups is 1. The number of carbonyl (C=O) groups excluding carboxylic acids is 1. The summed E-state index contributed by atoms with van der Waals surface area (Å²) < 4.78 is 5.61. The first kappa shape index (κ1) is 15.3. The van der Waals surface area contributed by atoms with Crippen LogP contribution in [0.4, 0.5) is 0 Å². The molecular weight excluding hydrogens is 304 g/mol.